The molecule has 2 amide bonds. The van der Waals surface area contributed by atoms with E-state index < -0.39 is 0 Å². The number of nitrogens with zero attached hydrogens (tertiary/aromatic N) is 1. The maximum atomic E-state index is 12.9. The topological polar surface area (TPSA) is 62.6 Å². The van der Waals surface area contributed by atoms with Gasteiger partial charge in [-0.2, -0.15) is 0 Å². The second kappa shape index (κ2) is 8.63. The highest BCUT2D eigenvalue weighted by atomic mass is 32.2. The maximum Gasteiger partial charge on any atom is 0.251 e. The van der Waals surface area contributed by atoms with Gasteiger partial charge in [-0.15, -0.1) is 11.8 Å². The number of hydrogen-bond donors (Lipinski definition) is 1. The van der Waals surface area contributed by atoms with Gasteiger partial charge < -0.3 is 14.6 Å². The summed E-state index contributed by atoms with van der Waals surface area (Å²) in [6.45, 7) is 0.451. The Morgan fingerprint density at radius 2 is 1.94 bits per heavy atom. The lowest BCUT2D eigenvalue weighted by atomic mass is 9.87. The fraction of sp³-hybridized carbons (Fsp3) is 0.280. The zero-order valence-corrected chi connectivity index (χ0v) is 17.9. The van der Waals surface area contributed by atoms with Gasteiger partial charge in [-0.3, -0.25) is 9.59 Å². The lowest BCUT2D eigenvalue weighted by Crippen LogP contribution is -2.31. The van der Waals surface area contributed by atoms with E-state index in [2.05, 4.69) is 23.5 Å². The molecule has 1 aliphatic carbocycles. The van der Waals surface area contributed by atoms with E-state index in [4.69, 9.17) is 4.42 Å². The van der Waals surface area contributed by atoms with Gasteiger partial charge in [-0.1, -0.05) is 36.4 Å². The van der Waals surface area contributed by atoms with Gasteiger partial charge in [-0.25, -0.2) is 0 Å². The largest absolute Gasteiger partial charge is 0.467 e. The molecule has 158 valence electrons. The zero-order valence-electron chi connectivity index (χ0n) is 17.1. The first kappa shape index (κ1) is 19.9. The van der Waals surface area contributed by atoms with Crippen LogP contribution in [0.4, 0.5) is 0 Å². The van der Waals surface area contributed by atoms with E-state index in [0.29, 0.717) is 17.9 Å². The van der Waals surface area contributed by atoms with Crippen molar-refractivity contribution in [3.63, 3.8) is 0 Å². The number of benzene rings is 2. The Kier molecular flexibility index (Phi) is 5.55. The minimum atomic E-state index is -0.0695. The molecule has 2 atom stereocenters. The number of fused-ring (bicyclic) bond motifs is 1. The molecular formula is C25H24N2O3S. The minimum Gasteiger partial charge on any atom is -0.467 e. The minimum absolute atomic E-state index is 0.0592. The van der Waals surface area contributed by atoms with Crippen molar-refractivity contribution < 1.29 is 14.0 Å². The van der Waals surface area contributed by atoms with Crippen LogP contribution in [0.5, 0.6) is 0 Å². The van der Waals surface area contributed by atoms with Gasteiger partial charge in [0, 0.05) is 5.56 Å². The highest BCUT2D eigenvalue weighted by Gasteiger charge is 2.33. The lowest BCUT2D eigenvalue weighted by molar-refractivity contribution is -0.128. The molecule has 0 saturated carbocycles. The van der Waals surface area contributed by atoms with E-state index in [0.717, 1.165) is 30.6 Å². The zero-order chi connectivity index (χ0) is 21.2. The first-order valence-corrected chi connectivity index (χ1v) is 11.7. The molecule has 0 spiro atoms. The number of amides is 2. The van der Waals surface area contributed by atoms with Crippen molar-refractivity contribution >= 4 is 23.6 Å². The van der Waals surface area contributed by atoms with E-state index in [9.17, 15) is 9.59 Å². The first-order chi connectivity index (χ1) is 15.2. The van der Waals surface area contributed by atoms with Crippen molar-refractivity contribution in [2.75, 3.05) is 5.75 Å². The molecule has 0 radical (unpaired) electrons. The summed E-state index contributed by atoms with van der Waals surface area (Å²) in [4.78, 5) is 27.1. The molecule has 1 aliphatic heterocycles. The van der Waals surface area contributed by atoms with Crippen LogP contribution < -0.4 is 5.32 Å². The second-order valence-corrected chi connectivity index (χ2v) is 9.07. The van der Waals surface area contributed by atoms with Gasteiger partial charge in [0.1, 0.15) is 11.1 Å². The van der Waals surface area contributed by atoms with Gasteiger partial charge in [0.2, 0.25) is 5.91 Å². The van der Waals surface area contributed by atoms with Crippen LogP contribution >= 0.6 is 11.8 Å². The lowest BCUT2D eigenvalue weighted by Gasteiger charge is -2.26. The quantitative estimate of drug-likeness (QED) is 0.625. The van der Waals surface area contributed by atoms with Gasteiger partial charge >= 0.3 is 0 Å². The number of nitrogens with one attached hydrogen (secondary N) is 1. The van der Waals surface area contributed by atoms with E-state index in [1.54, 1.807) is 18.0 Å². The summed E-state index contributed by atoms with van der Waals surface area (Å²) < 4.78 is 5.42. The molecule has 0 bridgehead atoms. The van der Waals surface area contributed by atoms with E-state index >= 15 is 0 Å². The van der Waals surface area contributed by atoms with E-state index in [1.807, 2.05) is 47.4 Å². The average Bonchev–Trinajstić information content (AvgIpc) is 3.45. The van der Waals surface area contributed by atoms with Crippen LogP contribution in [0, 0.1) is 0 Å². The summed E-state index contributed by atoms with van der Waals surface area (Å²) >= 11 is 1.60. The fourth-order valence-electron chi connectivity index (χ4n) is 4.42. The third kappa shape index (κ3) is 4.12. The van der Waals surface area contributed by atoms with Crippen LogP contribution in [0.25, 0.3) is 0 Å². The van der Waals surface area contributed by atoms with E-state index in [1.165, 1.54) is 11.1 Å². The van der Waals surface area contributed by atoms with Crippen LogP contribution in [-0.2, 0) is 17.8 Å². The molecule has 1 aromatic heterocycles. The Labute approximate surface area is 185 Å². The normalized spacial score (nSPS) is 20.5. The molecule has 0 unspecified atom stereocenters. The molecule has 2 heterocycles. The second-order valence-electron chi connectivity index (χ2n) is 8.00. The number of rotatable bonds is 5. The molecule has 1 fully saturated rings. The molecule has 1 saturated heterocycles. The summed E-state index contributed by atoms with van der Waals surface area (Å²) in [5.74, 6) is 1.26. The van der Waals surface area contributed by atoms with Gasteiger partial charge in [0.15, 0.2) is 0 Å². The smallest absolute Gasteiger partial charge is 0.251 e. The highest BCUT2D eigenvalue weighted by molar-refractivity contribution is 8.00. The van der Waals surface area contributed by atoms with Crippen LogP contribution in [0.3, 0.4) is 0 Å². The molecule has 6 heteroatoms. The van der Waals surface area contributed by atoms with Crippen molar-refractivity contribution in [3.8, 4) is 0 Å². The summed E-state index contributed by atoms with van der Waals surface area (Å²) in [6.07, 6.45) is 4.74. The third-order valence-electron chi connectivity index (χ3n) is 6.01. The Bertz CT molecular complexity index is 1080. The van der Waals surface area contributed by atoms with Gasteiger partial charge in [-0.05, 0) is 60.2 Å². The Morgan fingerprint density at radius 3 is 2.74 bits per heavy atom. The van der Waals surface area contributed by atoms with Crippen molar-refractivity contribution in [2.45, 2.75) is 37.2 Å². The predicted molar refractivity (Wildman–Crippen MR) is 120 cm³/mol. The molecule has 2 aromatic carbocycles. The Hall–Kier alpha value is -2.99. The molecular weight excluding hydrogens is 408 g/mol. The number of thioether (sulfide) groups is 1. The van der Waals surface area contributed by atoms with Crippen molar-refractivity contribution in [1.82, 2.24) is 10.2 Å². The first-order valence-electron chi connectivity index (χ1n) is 10.6. The number of carbonyl (C=O) groups is 2. The number of hydrogen-bond acceptors (Lipinski definition) is 4. The summed E-state index contributed by atoms with van der Waals surface area (Å²) in [5.41, 5.74) is 4.21. The fourth-order valence-corrected chi connectivity index (χ4v) is 5.60. The predicted octanol–water partition coefficient (Wildman–Crippen LogP) is 4.86. The molecule has 3 aromatic rings. The SMILES string of the molecule is O=C(N[C@H]1CCCc2ccccc21)c1ccc([C@@H]2SCC(=O)N2Cc2ccco2)cc1. The molecule has 2 aliphatic rings. The number of furan rings is 1. The number of aryl methyl sites for hydroxylation is 1. The summed E-state index contributed by atoms with van der Waals surface area (Å²) in [5, 5.41) is 3.14. The van der Waals surface area contributed by atoms with Crippen molar-refractivity contribution in [1.29, 1.82) is 0 Å². The maximum absolute atomic E-state index is 12.9. The third-order valence-corrected chi connectivity index (χ3v) is 7.26. The van der Waals surface area contributed by atoms with Crippen LogP contribution in [0.1, 0.15) is 57.1 Å². The van der Waals surface area contributed by atoms with Crippen LogP contribution in [0.2, 0.25) is 0 Å². The Morgan fingerprint density at radius 1 is 1.10 bits per heavy atom. The van der Waals surface area contributed by atoms with Crippen LogP contribution in [-0.4, -0.2) is 22.5 Å². The Balaban J connectivity index is 1.29. The van der Waals surface area contributed by atoms with Crippen molar-refractivity contribution in [2.24, 2.45) is 0 Å². The average molecular weight is 433 g/mol. The molecule has 1 N–H and O–H groups in total. The summed E-state index contributed by atoms with van der Waals surface area (Å²) in [6, 6.07) is 19.7. The standard InChI is InChI=1S/C25H24N2O3S/c28-23-16-31-25(27(23)15-20-7-4-14-30-20)19-12-10-18(11-13-19)24(29)26-22-9-3-6-17-5-1-2-8-21(17)22/h1-2,4-5,7-8,10-14,22,25H,3,6,9,15-16H2,(H,26,29)/t22-,25-/m0/s1. The highest BCUT2D eigenvalue weighted by Crippen LogP contribution is 2.39. The molecule has 31 heavy (non-hydrogen) atoms. The van der Waals surface area contributed by atoms with E-state index in [-0.39, 0.29) is 23.2 Å². The van der Waals surface area contributed by atoms with Gasteiger partial charge in [0.05, 0.1) is 24.6 Å². The number of carbonyl (C=O) groups excluding carboxylic acids is 2. The van der Waals surface area contributed by atoms with Crippen molar-refractivity contribution in [3.05, 3.63) is 94.9 Å². The van der Waals surface area contributed by atoms with Crippen LogP contribution in [0.15, 0.2) is 71.3 Å². The molecule has 5 rings (SSSR count). The monoisotopic (exact) mass is 432 g/mol. The molecule has 5 nitrogen and oxygen atoms in total. The summed E-state index contributed by atoms with van der Waals surface area (Å²) in [7, 11) is 0. The van der Waals surface area contributed by atoms with Gasteiger partial charge in [0.25, 0.3) is 5.91 Å².